The second-order valence-corrected chi connectivity index (χ2v) is 6.47. The molecule has 0 heterocycles. The van der Waals surface area contributed by atoms with Crippen LogP contribution in [-0.4, -0.2) is 49.7 Å². The van der Waals surface area contributed by atoms with Crippen LogP contribution in [0.15, 0.2) is 0 Å². The zero-order valence-corrected chi connectivity index (χ0v) is 12.4. The number of esters is 1. The van der Waals surface area contributed by atoms with Gasteiger partial charge in [0.25, 0.3) is 0 Å². The summed E-state index contributed by atoms with van der Waals surface area (Å²) in [4.78, 5) is 51.6. The number of hydrogen-bond acceptors (Lipinski definition) is 5. The quantitative estimate of drug-likeness (QED) is 0.256. The normalized spacial score (nSPS) is 14.2. The third kappa shape index (κ3) is 5.82. The lowest BCUT2D eigenvalue weighted by Gasteiger charge is -2.28. The van der Waals surface area contributed by atoms with Gasteiger partial charge in [-0.3, -0.25) is 18.9 Å². The first-order valence-electron chi connectivity index (χ1n) is 6.23. The molecular weight excluding hydrogens is 307 g/mol. The third-order valence-electron chi connectivity index (χ3n) is 2.90. The molecule has 0 aromatic carbocycles. The molecule has 0 fully saturated rings. The Balaban J connectivity index is 5.00. The monoisotopic (exact) mass is 326 g/mol. The molecule has 0 spiro atoms. The SMILES string of the molecule is CCCCOC(=O)CCC(CC(=O)O)(C(=O)O)P(=O)(O)O. The molecule has 0 aliphatic carbocycles. The molecule has 1 atom stereocenters. The van der Waals surface area contributed by atoms with Gasteiger partial charge in [0.15, 0.2) is 5.16 Å². The van der Waals surface area contributed by atoms with E-state index in [4.69, 9.17) is 14.9 Å². The van der Waals surface area contributed by atoms with Gasteiger partial charge < -0.3 is 24.7 Å². The topological polar surface area (TPSA) is 158 Å². The Morgan fingerprint density at radius 1 is 1.19 bits per heavy atom. The highest BCUT2D eigenvalue weighted by Crippen LogP contribution is 2.55. The summed E-state index contributed by atoms with van der Waals surface area (Å²) < 4.78 is 16.1. The van der Waals surface area contributed by atoms with E-state index in [9.17, 15) is 28.7 Å². The van der Waals surface area contributed by atoms with Crippen LogP contribution in [0.1, 0.15) is 39.0 Å². The lowest BCUT2D eigenvalue weighted by Crippen LogP contribution is -2.41. The van der Waals surface area contributed by atoms with Gasteiger partial charge >= 0.3 is 25.5 Å². The van der Waals surface area contributed by atoms with Crippen LogP contribution in [0, 0.1) is 0 Å². The Hall–Kier alpha value is -1.44. The fourth-order valence-corrected chi connectivity index (χ4v) is 2.60. The molecule has 0 amide bonds. The van der Waals surface area contributed by atoms with Crippen LogP contribution in [0.5, 0.6) is 0 Å². The van der Waals surface area contributed by atoms with Gasteiger partial charge in [0.2, 0.25) is 0 Å². The molecule has 1 unspecified atom stereocenters. The average molecular weight is 326 g/mol. The summed E-state index contributed by atoms with van der Waals surface area (Å²) in [6.45, 7) is 1.98. The molecular formula is C11H19O9P. The van der Waals surface area contributed by atoms with Gasteiger partial charge in [-0.15, -0.1) is 0 Å². The molecule has 0 radical (unpaired) electrons. The van der Waals surface area contributed by atoms with Crippen molar-refractivity contribution in [3.8, 4) is 0 Å². The number of carboxylic acid groups (broad SMARTS) is 2. The number of carboxylic acids is 2. The van der Waals surface area contributed by atoms with E-state index < -0.39 is 49.9 Å². The van der Waals surface area contributed by atoms with E-state index in [1.807, 2.05) is 6.92 Å². The standard InChI is InChI=1S/C11H19O9P/c1-2-3-6-20-9(14)4-5-11(10(15)16,7-8(12)13)21(17,18)19/h2-7H2,1H3,(H,12,13)(H,15,16)(H2,17,18,19). The van der Waals surface area contributed by atoms with Crippen LogP contribution in [0.3, 0.4) is 0 Å². The maximum atomic E-state index is 11.4. The minimum absolute atomic E-state index is 0.115. The van der Waals surface area contributed by atoms with Crippen molar-refractivity contribution in [2.24, 2.45) is 0 Å². The highest BCUT2D eigenvalue weighted by Gasteiger charge is 2.55. The van der Waals surface area contributed by atoms with Crippen molar-refractivity contribution in [3.63, 3.8) is 0 Å². The van der Waals surface area contributed by atoms with E-state index in [1.54, 1.807) is 0 Å². The number of carbonyl (C=O) groups excluding carboxylic acids is 1. The highest BCUT2D eigenvalue weighted by molar-refractivity contribution is 7.54. The van der Waals surface area contributed by atoms with Gasteiger partial charge in [-0.05, 0) is 12.8 Å². The highest BCUT2D eigenvalue weighted by atomic mass is 31.2. The van der Waals surface area contributed by atoms with E-state index in [0.717, 1.165) is 6.42 Å². The Morgan fingerprint density at radius 3 is 2.14 bits per heavy atom. The van der Waals surface area contributed by atoms with Crippen molar-refractivity contribution in [3.05, 3.63) is 0 Å². The van der Waals surface area contributed by atoms with Gasteiger partial charge in [0, 0.05) is 6.42 Å². The summed E-state index contributed by atoms with van der Waals surface area (Å²) in [6, 6.07) is 0. The number of unbranched alkanes of at least 4 members (excludes halogenated alkanes) is 1. The molecule has 0 bridgehead atoms. The molecule has 0 rings (SSSR count). The number of hydrogen-bond donors (Lipinski definition) is 4. The van der Waals surface area contributed by atoms with Gasteiger partial charge in [0.05, 0.1) is 13.0 Å². The predicted molar refractivity (Wildman–Crippen MR) is 69.8 cm³/mol. The predicted octanol–water partition coefficient (Wildman–Crippen LogP) is 0.586. The minimum atomic E-state index is -5.29. The second-order valence-electron chi connectivity index (χ2n) is 4.53. The van der Waals surface area contributed by atoms with Gasteiger partial charge in [-0.1, -0.05) is 13.3 Å². The van der Waals surface area contributed by atoms with Gasteiger partial charge in [0.1, 0.15) is 0 Å². The second kappa shape index (κ2) is 8.11. The van der Waals surface area contributed by atoms with Crippen molar-refractivity contribution >= 4 is 25.5 Å². The Labute approximate surface area is 121 Å². The van der Waals surface area contributed by atoms with E-state index in [-0.39, 0.29) is 6.61 Å². The van der Waals surface area contributed by atoms with Crippen LogP contribution in [-0.2, 0) is 23.7 Å². The zero-order chi connectivity index (χ0) is 16.7. The summed E-state index contributed by atoms with van der Waals surface area (Å²) in [7, 11) is -5.29. The molecule has 0 saturated heterocycles. The molecule has 0 aliphatic heterocycles. The lowest BCUT2D eigenvalue weighted by atomic mass is 9.98. The Morgan fingerprint density at radius 2 is 1.76 bits per heavy atom. The molecule has 9 nitrogen and oxygen atoms in total. The van der Waals surface area contributed by atoms with Crippen LogP contribution < -0.4 is 0 Å². The van der Waals surface area contributed by atoms with E-state index >= 15 is 0 Å². The zero-order valence-electron chi connectivity index (χ0n) is 11.5. The van der Waals surface area contributed by atoms with Gasteiger partial charge in [-0.25, -0.2) is 0 Å². The fraction of sp³-hybridized carbons (Fsp3) is 0.727. The van der Waals surface area contributed by atoms with Crippen molar-refractivity contribution < 1.29 is 43.7 Å². The summed E-state index contributed by atoms with van der Waals surface area (Å²) in [5.41, 5.74) is 0. The smallest absolute Gasteiger partial charge is 0.343 e. The van der Waals surface area contributed by atoms with Crippen molar-refractivity contribution in [1.29, 1.82) is 0 Å². The maximum Gasteiger partial charge on any atom is 0.343 e. The van der Waals surface area contributed by atoms with Crippen molar-refractivity contribution in [1.82, 2.24) is 0 Å². The lowest BCUT2D eigenvalue weighted by molar-refractivity contribution is -0.149. The Kier molecular flexibility index (Phi) is 7.56. The minimum Gasteiger partial charge on any atom is -0.481 e. The maximum absolute atomic E-state index is 11.4. The molecule has 0 saturated carbocycles. The largest absolute Gasteiger partial charge is 0.481 e. The van der Waals surface area contributed by atoms with E-state index in [2.05, 4.69) is 0 Å². The van der Waals surface area contributed by atoms with Crippen LogP contribution >= 0.6 is 7.60 Å². The summed E-state index contributed by atoms with van der Waals surface area (Å²) in [5.74, 6) is -4.47. The molecule has 21 heavy (non-hydrogen) atoms. The first-order valence-corrected chi connectivity index (χ1v) is 7.84. The van der Waals surface area contributed by atoms with Crippen LogP contribution in [0.2, 0.25) is 0 Å². The first kappa shape index (κ1) is 19.6. The fourth-order valence-electron chi connectivity index (χ4n) is 1.61. The average Bonchev–Trinajstić information content (AvgIpc) is 2.32. The summed E-state index contributed by atoms with van der Waals surface area (Å²) >= 11 is 0. The van der Waals surface area contributed by atoms with E-state index in [1.165, 1.54) is 0 Å². The number of aliphatic carboxylic acids is 2. The molecule has 0 aliphatic rings. The molecule has 0 aromatic rings. The number of carbonyl (C=O) groups is 3. The van der Waals surface area contributed by atoms with Crippen LogP contribution in [0.25, 0.3) is 0 Å². The van der Waals surface area contributed by atoms with Crippen molar-refractivity contribution in [2.75, 3.05) is 6.61 Å². The summed E-state index contributed by atoms with van der Waals surface area (Å²) in [5, 5.41) is 14.9. The number of ether oxygens (including phenoxy) is 1. The Bertz CT molecular complexity index is 441. The van der Waals surface area contributed by atoms with Crippen molar-refractivity contribution in [2.45, 2.75) is 44.2 Å². The third-order valence-corrected chi connectivity index (χ3v) is 4.59. The summed E-state index contributed by atoms with van der Waals surface area (Å²) in [6.07, 6.45) is -1.32. The first-order chi connectivity index (χ1) is 9.56. The molecule has 0 aromatic heterocycles. The molecule has 10 heteroatoms. The van der Waals surface area contributed by atoms with Crippen LogP contribution in [0.4, 0.5) is 0 Å². The number of rotatable bonds is 10. The van der Waals surface area contributed by atoms with Gasteiger partial charge in [-0.2, -0.15) is 0 Å². The molecule has 4 N–H and O–H groups in total. The van der Waals surface area contributed by atoms with E-state index in [0.29, 0.717) is 6.42 Å². The molecule has 122 valence electrons.